The molecule has 2 nitrogen and oxygen atoms in total. The van der Waals surface area contributed by atoms with Crippen LogP contribution in [-0.4, -0.2) is 10.9 Å². The van der Waals surface area contributed by atoms with Gasteiger partial charge < -0.3 is 5.11 Å². The van der Waals surface area contributed by atoms with Crippen molar-refractivity contribution < 1.29 is 9.90 Å². The van der Waals surface area contributed by atoms with Crippen LogP contribution in [-0.2, 0) is 0 Å². The largest absolute Gasteiger partial charge is 0.507 e. The molecule has 0 bridgehead atoms. The van der Waals surface area contributed by atoms with Crippen LogP contribution in [0.25, 0.3) is 0 Å². The number of aryl methyl sites for hydroxylation is 1. The molecule has 2 aromatic carbocycles. The van der Waals surface area contributed by atoms with Crippen molar-refractivity contribution in [2.24, 2.45) is 0 Å². The van der Waals surface area contributed by atoms with Crippen molar-refractivity contribution in [2.75, 3.05) is 0 Å². The first kappa shape index (κ1) is 12.4. The van der Waals surface area contributed by atoms with Crippen molar-refractivity contribution in [2.45, 2.75) is 19.8 Å². The molecule has 2 heteroatoms. The monoisotopic (exact) mass is 240 g/mol. The highest BCUT2D eigenvalue weighted by atomic mass is 16.3. The van der Waals surface area contributed by atoms with Crippen LogP contribution in [0, 0.1) is 6.92 Å². The highest BCUT2D eigenvalue weighted by molar-refractivity contribution is 6.02. The predicted octanol–water partition coefficient (Wildman–Crippen LogP) is 3.69. The van der Waals surface area contributed by atoms with E-state index in [1.165, 1.54) is 0 Å². The highest BCUT2D eigenvalue weighted by Crippen LogP contribution is 2.26. The van der Waals surface area contributed by atoms with Crippen LogP contribution in [0.1, 0.15) is 34.3 Å². The van der Waals surface area contributed by atoms with Crippen LogP contribution in [0.5, 0.6) is 5.75 Å². The zero-order chi connectivity index (χ0) is 13.1. The van der Waals surface area contributed by atoms with E-state index in [-0.39, 0.29) is 17.5 Å². The van der Waals surface area contributed by atoms with Gasteiger partial charge in [-0.05, 0) is 24.6 Å². The fraction of sp³-hybridized carbons (Fsp3) is 0.188. The molecule has 0 radical (unpaired) electrons. The number of hydrogen-bond donors (Lipinski definition) is 1. The van der Waals surface area contributed by atoms with Crippen LogP contribution < -0.4 is 0 Å². The van der Waals surface area contributed by atoms with Gasteiger partial charge in [-0.15, -0.1) is 0 Å². The second-order valence-electron chi connectivity index (χ2n) is 4.52. The standard InChI is InChI=1S/C16H16O2/c1-11-8-9-15(17)14(10-11)16(18)12(2)13-6-4-3-5-7-13/h3-10,12,17H,1-2H3. The van der Waals surface area contributed by atoms with Gasteiger partial charge in [0.2, 0.25) is 0 Å². The summed E-state index contributed by atoms with van der Waals surface area (Å²) in [6, 6.07) is 14.7. The van der Waals surface area contributed by atoms with Crippen LogP contribution in [0.4, 0.5) is 0 Å². The third-order valence-electron chi connectivity index (χ3n) is 3.11. The Morgan fingerprint density at radius 1 is 1.11 bits per heavy atom. The first-order chi connectivity index (χ1) is 8.59. The SMILES string of the molecule is Cc1ccc(O)c(C(=O)C(C)c2ccccc2)c1. The van der Waals surface area contributed by atoms with E-state index >= 15 is 0 Å². The van der Waals surface area contributed by atoms with Crippen molar-refractivity contribution in [3.8, 4) is 5.75 Å². The maximum Gasteiger partial charge on any atom is 0.173 e. The number of carbonyl (C=O) groups is 1. The number of phenols is 1. The molecule has 1 N–H and O–H groups in total. The lowest BCUT2D eigenvalue weighted by Gasteiger charge is -2.12. The molecule has 0 aromatic heterocycles. The summed E-state index contributed by atoms with van der Waals surface area (Å²) in [5.41, 5.74) is 2.33. The van der Waals surface area contributed by atoms with Crippen LogP contribution in [0.15, 0.2) is 48.5 Å². The van der Waals surface area contributed by atoms with Crippen molar-refractivity contribution in [1.29, 1.82) is 0 Å². The summed E-state index contributed by atoms with van der Waals surface area (Å²) in [6.07, 6.45) is 0. The zero-order valence-electron chi connectivity index (χ0n) is 10.6. The van der Waals surface area contributed by atoms with Gasteiger partial charge in [0, 0.05) is 5.92 Å². The summed E-state index contributed by atoms with van der Waals surface area (Å²) >= 11 is 0. The number of hydrogen-bond acceptors (Lipinski definition) is 2. The molecule has 18 heavy (non-hydrogen) atoms. The summed E-state index contributed by atoms with van der Waals surface area (Å²) in [7, 11) is 0. The minimum atomic E-state index is -0.251. The van der Waals surface area contributed by atoms with E-state index in [2.05, 4.69) is 0 Å². The average molecular weight is 240 g/mol. The van der Waals surface area contributed by atoms with Crippen molar-refractivity contribution >= 4 is 5.78 Å². The van der Waals surface area contributed by atoms with E-state index in [1.807, 2.05) is 44.2 Å². The van der Waals surface area contributed by atoms with Crippen molar-refractivity contribution in [1.82, 2.24) is 0 Å². The van der Waals surface area contributed by atoms with Gasteiger partial charge in [0.25, 0.3) is 0 Å². The third kappa shape index (κ3) is 2.43. The number of rotatable bonds is 3. The second-order valence-corrected chi connectivity index (χ2v) is 4.52. The maximum absolute atomic E-state index is 12.4. The normalized spacial score (nSPS) is 12.1. The molecule has 0 aliphatic carbocycles. The number of carbonyl (C=O) groups excluding carboxylic acids is 1. The molecule has 1 unspecified atom stereocenters. The molecule has 2 aromatic rings. The third-order valence-corrected chi connectivity index (χ3v) is 3.11. The lowest BCUT2D eigenvalue weighted by molar-refractivity contribution is 0.0963. The van der Waals surface area contributed by atoms with Crippen molar-refractivity contribution in [3.05, 3.63) is 65.2 Å². The van der Waals surface area contributed by atoms with Gasteiger partial charge in [-0.1, -0.05) is 48.9 Å². The highest BCUT2D eigenvalue weighted by Gasteiger charge is 2.19. The second kappa shape index (κ2) is 5.05. The molecule has 0 saturated carbocycles. The molecule has 0 saturated heterocycles. The molecular weight excluding hydrogens is 224 g/mol. The predicted molar refractivity (Wildman–Crippen MR) is 72.0 cm³/mol. The number of aromatic hydroxyl groups is 1. The Labute approximate surface area is 107 Å². The molecule has 0 aliphatic heterocycles. The Kier molecular flexibility index (Phi) is 3.47. The van der Waals surface area contributed by atoms with Gasteiger partial charge in [0.05, 0.1) is 5.56 Å². The molecule has 92 valence electrons. The topological polar surface area (TPSA) is 37.3 Å². The number of ketones is 1. The van der Waals surface area contributed by atoms with Gasteiger partial charge in [0.15, 0.2) is 5.78 Å². The summed E-state index contributed by atoms with van der Waals surface area (Å²) in [4.78, 5) is 12.4. The summed E-state index contributed by atoms with van der Waals surface area (Å²) < 4.78 is 0. The Morgan fingerprint density at radius 3 is 2.44 bits per heavy atom. The van der Waals surface area contributed by atoms with Crippen LogP contribution in [0.3, 0.4) is 0 Å². The fourth-order valence-electron chi connectivity index (χ4n) is 1.97. The molecule has 2 rings (SSSR count). The minimum absolute atomic E-state index is 0.0494. The zero-order valence-corrected chi connectivity index (χ0v) is 10.6. The summed E-state index contributed by atoms with van der Waals surface area (Å²) in [5, 5.41) is 9.78. The number of phenolic OH excluding ortho intramolecular Hbond substituents is 1. The van der Waals surface area contributed by atoms with Gasteiger partial charge >= 0.3 is 0 Å². The molecule has 0 spiro atoms. The lowest BCUT2D eigenvalue weighted by atomic mass is 9.91. The van der Waals surface area contributed by atoms with E-state index in [4.69, 9.17) is 0 Å². The first-order valence-corrected chi connectivity index (χ1v) is 5.98. The minimum Gasteiger partial charge on any atom is -0.507 e. The Bertz CT molecular complexity index is 559. The Balaban J connectivity index is 2.34. The van der Waals surface area contributed by atoms with Crippen molar-refractivity contribution in [3.63, 3.8) is 0 Å². The molecule has 0 amide bonds. The van der Waals surface area contributed by atoms with Gasteiger partial charge in [0.1, 0.15) is 5.75 Å². The molecule has 0 heterocycles. The number of Topliss-reactive ketones (excluding diaryl/α,β-unsaturated/α-hetero) is 1. The Hall–Kier alpha value is -2.09. The lowest BCUT2D eigenvalue weighted by Crippen LogP contribution is -2.10. The smallest absolute Gasteiger partial charge is 0.173 e. The van der Waals surface area contributed by atoms with Crippen LogP contribution in [0.2, 0.25) is 0 Å². The maximum atomic E-state index is 12.4. The molecule has 1 atom stereocenters. The van der Waals surface area contributed by atoms with Gasteiger partial charge in [-0.2, -0.15) is 0 Å². The first-order valence-electron chi connectivity index (χ1n) is 5.98. The molecular formula is C16H16O2. The van der Waals surface area contributed by atoms with E-state index in [0.717, 1.165) is 11.1 Å². The molecule has 0 fully saturated rings. The Morgan fingerprint density at radius 2 is 1.78 bits per heavy atom. The summed E-state index contributed by atoms with van der Waals surface area (Å²) in [5.74, 6) is -0.255. The van der Waals surface area contributed by atoms with Gasteiger partial charge in [-0.25, -0.2) is 0 Å². The number of benzene rings is 2. The van der Waals surface area contributed by atoms with Gasteiger partial charge in [-0.3, -0.25) is 4.79 Å². The summed E-state index contributed by atoms with van der Waals surface area (Å²) in [6.45, 7) is 3.77. The quantitative estimate of drug-likeness (QED) is 0.831. The fourth-order valence-corrected chi connectivity index (χ4v) is 1.97. The van der Waals surface area contributed by atoms with E-state index < -0.39 is 0 Å². The van der Waals surface area contributed by atoms with E-state index in [1.54, 1.807) is 18.2 Å². The van der Waals surface area contributed by atoms with Crippen LogP contribution >= 0.6 is 0 Å². The average Bonchev–Trinajstić information content (AvgIpc) is 2.41. The van der Waals surface area contributed by atoms with E-state index in [9.17, 15) is 9.90 Å². The van der Waals surface area contributed by atoms with E-state index in [0.29, 0.717) is 5.56 Å². The molecule has 0 aliphatic rings.